The fraction of sp³-hybridized carbons (Fsp3) is 0.417. The van der Waals surface area contributed by atoms with E-state index >= 15 is 0 Å². The highest BCUT2D eigenvalue weighted by Gasteiger charge is 2.42. The molecule has 1 aliphatic rings. The number of sulfonamides is 1. The lowest BCUT2D eigenvalue weighted by molar-refractivity contribution is -0.135. The van der Waals surface area contributed by atoms with Crippen molar-refractivity contribution in [2.75, 3.05) is 6.54 Å². The van der Waals surface area contributed by atoms with Crippen LogP contribution in [0.3, 0.4) is 0 Å². The molecular formula is C24H30N2O6S. The Morgan fingerprint density at radius 3 is 2.33 bits per heavy atom. The molecule has 3 rings (SSSR count). The van der Waals surface area contributed by atoms with Crippen molar-refractivity contribution < 1.29 is 27.5 Å². The van der Waals surface area contributed by atoms with Crippen molar-refractivity contribution in [1.29, 1.82) is 0 Å². The highest BCUT2D eigenvalue weighted by Crippen LogP contribution is 2.44. The molecule has 2 aromatic carbocycles. The van der Waals surface area contributed by atoms with Gasteiger partial charge in [-0.05, 0) is 81.5 Å². The summed E-state index contributed by atoms with van der Waals surface area (Å²) in [7, 11) is -4.07. The zero-order valence-corrected chi connectivity index (χ0v) is 20.4. The Morgan fingerprint density at radius 1 is 1.12 bits per heavy atom. The van der Waals surface area contributed by atoms with Gasteiger partial charge in [-0.25, -0.2) is 13.1 Å². The van der Waals surface area contributed by atoms with Gasteiger partial charge in [0, 0.05) is 18.9 Å². The summed E-state index contributed by atoms with van der Waals surface area (Å²) in [6.07, 6.45) is 1.36. The van der Waals surface area contributed by atoms with Gasteiger partial charge < -0.3 is 15.2 Å². The van der Waals surface area contributed by atoms with Crippen molar-refractivity contribution in [1.82, 2.24) is 4.72 Å². The standard InChI is InChI=1S/C24H30N2O6S/c1-14-15(2)22-20(16(3)21(14)31-17(4)27)10-12-24(5,32-22)23(28)26-33(29,30)19-8-6-18(7-9-19)11-13-25/h6-9H,10-13,25H2,1-5H3,(H,26,28). The third-order valence-electron chi connectivity index (χ3n) is 6.11. The predicted molar refractivity (Wildman–Crippen MR) is 124 cm³/mol. The van der Waals surface area contributed by atoms with E-state index in [9.17, 15) is 18.0 Å². The minimum absolute atomic E-state index is 0.00896. The van der Waals surface area contributed by atoms with Gasteiger partial charge in [0.25, 0.3) is 15.9 Å². The molecule has 0 saturated heterocycles. The molecule has 1 amide bonds. The molecule has 33 heavy (non-hydrogen) atoms. The van der Waals surface area contributed by atoms with Crippen LogP contribution in [-0.4, -0.2) is 32.4 Å². The van der Waals surface area contributed by atoms with Crippen molar-refractivity contribution in [2.24, 2.45) is 5.73 Å². The summed E-state index contributed by atoms with van der Waals surface area (Å²) in [5.41, 5.74) is 8.15. The monoisotopic (exact) mass is 474 g/mol. The highest BCUT2D eigenvalue weighted by molar-refractivity contribution is 7.90. The number of esters is 1. The number of carbonyl (C=O) groups is 2. The maximum atomic E-state index is 13.1. The first-order valence-electron chi connectivity index (χ1n) is 10.8. The molecule has 1 heterocycles. The zero-order valence-electron chi connectivity index (χ0n) is 19.6. The molecule has 1 aliphatic heterocycles. The predicted octanol–water partition coefficient (Wildman–Crippen LogP) is 2.63. The molecule has 0 aromatic heterocycles. The van der Waals surface area contributed by atoms with Gasteiger partial charge in [-0.15, -0.1) is 0 Å². The van der Waals surface area contributed by atoms with Crippen LogP contribution in [0.25, 0.3) is 0 Å². The summed E-state index contributed by atoms with van der Waals surface area (Å²) in [5.74, 6) is -0.134. The van der Waals surface area contributed by atoms with E-state index in [1.54, 1.807) is 19.1 Å². The molecule has 3 N–H and O–H groups in total. The molecular weight excluding hydrogens is 444 g/mol. The summed E-state index contributed by atoms with van der Waals surface area (Å²) in [5, 5.41) is 0. The smallest absolute Gasteiger partial charge is 0.308 e. The fourth-order valence-corrected chi connectivity index (χ4v) is 5.05. The van der Waals surface area contributed by atoms with E-state index in [4.69, 9.17) is 15.2 Å². The van der Waals surface area contributed by atoms with Crippen LogP contribution in [0.2, 0.25) is 0 Å². The van der Waals surface area contributed by atoms with Crippen molar-refractivity contribution in [3.63, 3.8) is 0 Å². The Balaban J connectivity index is 1.87. The van der Waals surface area contributed by atoms with E-state index < -0.39 is 27.5 Å². The fourth-order valence-electron chi connectivity index (χ4n) is 3.98. The van der Waals surface area contributed by atoms with Gasteiger partial charge in [0.15, 0.2) is 5.60 Å². The lowest BCUT2D eigenvalue weighted by Gasteiger charge is -2.36. The third-order valence-corrected chi connectivity index (χ3v) is 7.46. The molecule has 0 spiro atoms. The molecule has 0 aliphatic carbocycles. The number of hydrogen-bond donors (Lipinski definition) is 2. The van der Waals surface area contributed by atoms with Crippen LogP contribution in [0, 0.1) is 20.8 Å². The first-order valence-corrected chi connectivity index (χ1v) is 12.2. The summed E-state index contributed by atoms with van der Waals surface area (Å²) in [4.78, 5) is 24.6. The van der Waals surface area contributed by atoms with Crippen LogP contribution in [0.15, 0.2) is 29.2 Å². The second-order valence-corrected chi connectivity index (χ2v) is 10.2. The van der Waals surface area contributed by atoms with Crippen LogP contribution < -0.4 is 19.9 Å². The summed E-state index contributed by atoms with van der Waals surface area (Å²) in [6.45, 7) is 8.86. The first-order chi connectivity index (χ1) is 15.4. The maximum absolute atomic E-state index is 13.1. The Hall–Kier alpha value is -2.91. The number of rotatable bonds is 6. The van der Waals surface area contributed by atoms with Crippen LogP contribution >= 0.6 is 0 Å². The lowest BCUT2D eigenvalue weighted by atomic mass is 9.87. The van der Waals surface area contributed by atoms with Gasteiger partial charge in [-0.1, -0.05) is 12.1 Å². The number of benzene rings is 2. The summed E-state index contributed by atoms with van der Waals surface area (Å²) < 4.78 is 39.3. The van der Waals surface area contributed by atoms with Crippen molar-refractivity contribution in [3.8, 4) is 11.5 Å². The third kappa shape index (κ3) is 4.89. The van der Waals surface area contributed by atoms with Gasteiger partial charge in [-0.2, -0.15) is 0 Å². The molecule has 8 nitrogen and oxygen atoms in total. The van der Waals surface area contributed by atoms with Crippen LogP contribution in [-0.2, 0) is 32.5 Å². The lowest BCUT2D eigenvalue weighted by Crippen LogP contribution is -2.52. The maximum Gasteiger partial charge on any atom is 0.308 e. The Bertz CT molecular complexity index is 1200. The molecule has 178 valence electrons. The number of carbonyl (C=O) groups excluding carboxylic acids is 2. The first kappa shape index (κ1) is 24.7. The molecule has 0 fully saturated rings. The van der Waals surface area contributed by atoms with Crippen LogP contribution in [0.1, 0.15) is 48.1 Å². The van der Waals surface area contributed by atoms with E-state index in [-0.39, 0.29) is 11.3 Å². The Kier molecular flexibility index (Phi) is 6.85. The van der Waals surface area contributed by atoms with E-state index in [1.807, 2.05) is 20.8 Å². The van der Waals surface area contributed by atoms with Crippen molar-refractivity contribution in [3.05, 3.63) is 52.1 Å². The van der Waals surface area contributed by atoms with Crippen molar-refractivity contribution in [2.45, 2.75) is 64.4 Å². The summed E-state index contributed by atoms with van der Waals surface area (Å²) in [6, 6.07) is 6.26. The van der Waals surface area contributed by atoms with E-state index in [1.165, 1.54) is 19.1 Å². The molecule has 1 unspecified atom stereocenters. The minimum Gasteiger partial charge on any atom is -0.477 e. The highest BCUT2D eigenvalue weighted by atomic mass is 32.2. The molecule has 9 heteroatoms. The minimum atomic E-state index is -4.07. The SMILES string of the molecule is CC(=O)Oc1c(C)c(C)c2c(c1C)CCC(C)(C(=O)NS(=O)(=O)c1ccc(CCN)cc1)O2. The quantitative estimate of drug-likeness (QED) is 0.487. The van der Waals surface area contributed by atoms with Gasteiger partial charge in [0.05, 0.1) is 4.90 Å². The molecule has 2 aromatic rings. The second kappa shape index (κ2) is 9.15. The number of ether oxygens (including phenoxy) is 2. The zero-order chi connectivity index (χ0) is 24.6. The normalized spacial score (nSPS) is 17.6. The van der Waals surface area contributed by atoms with Crippen LogP contribution in [0.4, 0.5) is 0 Å². The van der Waals surface area contributed by atoms with Crippen molar-refractivity contribution >= 4 is 21.9 Å². The van der Waals surface area contributed by atoms with Gasteiger partial charge >= 0.3 is 5.97 Å². The molecule has 0 saturated carbocycles. The van der Waals surface area contributed by atoms with Gasteiger partial charge in [-0.3, -0.25) is 9.59 Å². The van der Waals surface area contributed by atoms with Gasteiger partial charge in [0.1, 0.15) is 11.5 Å². The van der Waals surface area contributed by atoms with Gasteiger partial charge in [0.2, 0.25) is 0 Å². The largest absolute Gasteiger partial charge is 0.477 e. The average Bonchev–Trinajstić information content (AvgIpc) is 2.75. The Morgan fingerprint density at radius 2 is 1.76 bits per heavy atom. The number of fused-ring (bicyclic) bond motifs is 1. The van der Waals surface area contributed by atoms with Crippen LogP contribution in [0.5, 0.6) is 11.5 Å². The number of nitrogens with two attached hydrogens (primary N) is 1. The number of hydrogen-bond acceptors (Lipinski definition) is 7. The Labute approximate surface area is 194 Å². The van der Waals surface area contributed by atoms with E-state index in [0.29, 0.717) is 30.9 Å². The molecule has 1 atom stereocenters. The second-order valence-electron chi connectivity index (χ2n) is 8.56. The average molecular weight is 475 g/mol. The van der Waals surface area contributed by atoms with E-state index in [2.05, 4.69) is 4.72 Å². The number of amides is 1. The topological polar surface area (TPSA) is 125 Å². The summed E-state index contributed by atoms with van der Waals surface area (Å²) >= 11 is 0. The molecule has 0 radical (unpaired) electrons. The van der Waals surface area contributed by atoms with E-state index in [0.717, 1.165) is 27.8 Å². The number of nitrogens with one attached hydrogen (secondary N) is 1. The molecule has 0 bridgehead atoms.